The SMILES string of the molecule is CN=C(NCCSc1ccccc1F)NC1CCN(CCOC(C)C)CC1. The highest BCUT2D eigenvalue weighted by Crippen LogP contribution is 2.20. The number of guanidine groups is 1. The fourth-order valence-corrected chi connectivity index (χ4v) is 3.80. The van der Waals surface area contributed by atoms with Gasteiger partial charge in [0.2, 0.25) is 0 Å². The van der Waals surface area contributed by atoms with Crippen LogP contribution in [0.25, 0.3) is 0 Å². The van der Waals surface area contributed by atoms with Crippen molar-refractivity contribution >= 4 is 17.7 Å². The van der Waals surface area contributed by atoms with Gasteiger partial charge in [0.25, 0.3) is 0 Å². The number of hydrogen-bond donors (Lipinski definition) is 2. The van der Waals surface area contributed by atoms with Crippen molar-refractivity contribution in [2.24, 2.45) is 4.99 Å². The number of nitrogens with zero attached hydrogens (tertiary/aromatic N) is 2. The van der Waals surface area contributed by atoms with Crippen molar-refractivity contribution in [1.29, 1.82) is 0 Å². The van der Waals surface area contributed by atoms with Crippen molar-refractivity contribution in [3.63, 3.8) is 0 Å². The Morgan fingerprint density at radius 3 is 2.74 bits per heavy atom. The number of aliphatic imine (C=N–C) groups is 1. The Labute approximate surface area is 167 Å². The van der Waals surface area contributed by atoms with E-state index in [4.69, 9.17) is 4.74 Å². The summed E-state index contributed by atoms with van der Waals surface area (Å²) >= 11 is 1.52. The summed E-state index contributed by atoms with van der Waals surface area (Å²) in [6.45, 7) is 8.86. The molecule has 7 heteroatoms. The first-order valence-electron chi connectivity index (χ1n) is 9.77. The highest BCUT2D eigenvalue weighted by Gasteiger charge is 2.19. The second-order valence-electron chi connectivity index (χ2n) is 6.96. The Kier molecular flexibility index (Phi) is 9.94. The van der Waals surface area contributed by atoms with Crippen LogP contribution >= 0.6 is 11.8 Å². The van der Waals surface area contributed by atoms with Gasteiger partial charge in [0.1, 0.15) is 5.82 Å². The fraction of sp³-hybridized carbons (Fsp3) is 0.650. The monoisotopic (exact) mass is 396 g/mol. The number of piperidine rings is 1. The molecule has 0 radical (unpaired) electrons. The average molecular weight is 397 g/mol. The van der Waals surface area contributed by atoms with Gasteiger partial charge in [-0.3, -0.25) is 4.99 Å². The number of likely N-dealkylation sites (tertiary alicyclic amines) is 1. The van der Waals surface area contributed by atoms with Crippen LogP contribution in [0.2, 0.25) is 0 Å². The second-order valence-corrected chi connectivity index (χ2v) is 8.09. The average Bonchev–Trinajstić information content (AvgIpc) is 2.66. The molecule has 0 aliphatic carbocycles. The molecule has 1 aromatic carbocycles. The van der Waals surface area contributed by atoms with E-state index < -0.39 is 0 Å². The van der Waals surface area contributed by atoms with Gasteiger partial charge >= 0.3 is 0 Å². The fourth-order valence-electron chi connectivity index (χ4n) is 3.00. The zero-order chi connectivity index (χ0) is 19.5. The van der Waals surface area contributed by atoms with Crippen molar-refractivity contribution < 1.29 is 9.13 Å². The molecule has 1 fully saturated rings. The Morgan fingerprint density at radius 1 is 1.33 bits per heavy atom. The van der Waals surface area contributed by atoms with E-state index in [1.807, 2.05) is 12.1 Å². The first-order valence-corrected chi connectivity index (χ1v) is 10.8. The topological polar surface area (TPSA) is 48.9 Å². The van der Waals surface area contributed by atoms with Gasteiger partial charge in [-0.1, -0.05) is 12.1 Å². The van der Waals surface area contributed by atoms with Gasteiger partial charge in [0.15, 0.2) is 5.96 Å². The molecule has 152 valence electrons. The lowest BCUT2D eigenvalue weighted by Gasteiger charge is -2.33. The molecule has 0 spiro atoms. The van der Waals surface area contributed by atoms with E-state index in [2.05, 4.69) is 34.4 Å². The van der Waals surface area contributed by atoms with Crippen LogP contribution in [0.3, 0.4) is 0 Å². The predicted molar refractivity (Wildman–Crippen MR) is 112 cm³/mol. The van der Waals surface area contributed by atoms with E-state index in [0.29, 0.717) is 17.0 Å². The molecule has 1 aromatic rings. The highest BCUT2D eigenvalue weighted by atomic mass is 32.2. The minimum Gasteiger partial charge on any atom is -0.377 e. The second kappa shape index (κ2) is 12.2. The third-order valence-electron chi connectivity index (χ3n) is 4.50. The van der Waals surface area contributed by atoms with Gasteiger partial charge in [-0.05, 0) is 38.8 Å². The zero-order valence-electron chi connectivity index (χ0n) is 16.7. The number of ether oxygens (including phenoxy) is 1. The third-order valence-corrected chi connectivity index (χ3v) is 5.55. The van der Waals surface area contributed by atoms with E-state index in [1.54, 1.807) is 13.1 Å². The summed E-state index contributed by atoms with van der Waals surface area (Å²) < 4.78 is 19.2. The number of thioether (sulfide) groups is 1. The largest absolute Gasteiger partial charge is 0.377 e. The third kappa shape index (κ3) is 8.49. The number of halogens is 1. The summed E-state index contributed by atoms with van der Waals surface area (Å²) in [5.74, 6) is 1.46. The van der Waals surface area contributed by atoms with Crippen LogP contribution in [0, 0.1) is 5.82 Å². The summed E-state index contributed by atoms with van der Waals surface area (Å²) in [6, 6.07) is 7.33. The van der Waals surface area contributed by atoms with Crippen LogP contribution in [0.5, 0.6) is 0 Å². The summed E-state index contributed by atoms with van der Waals surface area (Å²) in [5, 5.41) is 6.83. The zero-order valence-corrected chi connectivity index (χ0v) is 17.5. The van der Waals surface area contributed by atoms with E-state index in [-0.39, 0.29) is 5.82 Å². The highest BCUT2D eigenvalue weighted by molar-refractivity contribution is 7.99. The first-order chi connectivity index (χ1) is 13.1. The van der Waals surface area contributed by atoms with Gasteiger partial charge in [0, 0.05) is 49.9 Å². The van der Waals surface area contributed by atoms with Crippen LogP contribution in [0.1, 0.15) is 26.7 Å². The standard InChI is InChI=1S/C20H33FN4OS/c1-16(2)26-14-13-25-11-8-17(9-12-25)24-20(22-3)23-10-15-27-19-7-5-4-6-18(19)21/h4-7,16-17H,8-15H2,1-3H3,(H2,22,23,24). The Bertz CT molecular complexity index is 577. The molecule has 0 unspecified atom stereocenters. The smallest absolute Gasteiger partial charge is 0.191 e. The summed E-state index contributed by atoms with van der Waals surface area (Å²) in [4.78, 5) is 7.46. The molecule has 1 saturated heterocycles. The van der Waals surface area contributed by atoms with Gasteiger partial charge < -0.3 is 20.3 Å². The molecule has 1 heterocycles. The molecule has 27 heavy (non-hydrogen) atoms. The molecule has 5 nitrogen and oxygen atoms in total. The summed E-state index contributed by atoms with van der Waals surface area (Å²) in [6.07, 6.45) is 2.51. The van der Waals surface area contributed by atoms with Gasteiger partial charge in [-0.25, -0.2) is 4.39 Å². The molecule has 0 amide bonds. The van der Waals surface area contributed by atoms with Crippen molar-refractivity contribution in [1.82, 2.24) is 15.5 Å². The lowest BCUT2D eigenvalue weighted by Crippen LogP contribution is -2.49. The van der Waals surface area contributed by atoms with Crippen LogP contribution in [-0.4, -0.2) is 68.6 Å². The number of rotatable bonds is 9. The maximum Gasteiger partial charge on any atom is 0.191 e. The maximum absolute atomic E-state index is 13.6. The molecule has 1 aliphatic heterocycles. The number of nitrogens with one attached hydrogen (secondary N) is 2. The van der Waals surface area contributed by atoms with Crippen molar-refractivity contribution in [3.05, 3.63) is 30.1 Å². The maximum atomic E-state index is 13.6. The molecule has 0 atom stereocenters. The number of hydrogen-bond acceptors (Lipinski definition) is 4. The minimum absolute atomic E-state index is 0.157. The van der Waals surface area contributed by atoms with Gasteiger partial charge in [0.05, 0.1) is 12.7 Å². The van der Waals surface area contributed by atoms with Crippen molar-refractivity contribution in [3.8, 4) is 0 Å². The Morgan fingerprint density at radius 2 is 2.07 bits per heavy atom. The van der Waals surface area contributed by atoms with Gasteiger partial charge in [-0.2, -0.15) is 0 Å². The van der Waals surface area contributed by atoms with Crippen molar-refractivity contribution in [2.75, 3.05) is 45.6 Å². The predicted octanol–water partition coefficient (Wildman–Crippen LogP) is 2.97. The lowest BCUT2D eigenvalue weighted by molar-refractivity contribution is 0.0532. The van der Waals surface area contributed by atoms with Crippen LogP contribution in [-0.2, 0) is 4.74 Å². The molecule has 0 bridgehead atoms. The normalized spacial score (nSPS) is 16.7. The molecular weight excluding hydrogens is 363 g/mol. The summed E-state index contributed by atoms with van der Waals surface area (Å²) in [5.41, 5.74) is 0. The van der Waals surface area contributed by atoms with E-state index in [1.165, 1.54) is 17.8 Å². The van der Waals surface area contributed by atoms with E-state index in [9.17, 15) is 4.39 Å². The molecular formula is C20H33FN4OS. The summed E-state index contributed by atoms with van der Waals surface area (Å²) in [7, 11) is 1.79. The molecule has 0 saturated carbocycles. The Hall–Kier alpha value is -1.31. The lowest BCUT2D eigenvalue weighted by atomic mass is 10.1. The van der Waals surface area contributed by atoms with Crippen molar-refractivity contribution in [2.45, 2.75) is 43.7 Å². The first kappa shape index (κ1) is 22.0. The van der Waals surface area contributed by atoms with Gasteiger partial charge in [-0.15, -0.1) is 11.8 Å². The van der Waals surface area contributed by atoms with E-state index >= 15 is 0 Å². The number of benzene rings is 1. The minimum atomic E-state index is -0.157. The molecule has 2 N–H and O–H groups in total. The van der Waals surface area contributed by atoms with Crippen LogP contribution in [0.4, 0.5) is 4.39 Å². The molecule has 0 aromatic heterocycles. The van der Waals surface area contributed by atoms with E-state index in [0.717, 1.165) is 57.3 Å². The van der Waals surface area contributed by atoms with Crippen LogP contribution in [0.15, 0.2) is 34.2 Å². The molecule has 1 aliphatic rings. The van der Waals surface area contributed by atoms with Crippen LogP contribution < -0.4 is 10.6 Å². The molecule has 2 rings (SSSR count). The Balaban J connectivity index is 1.61. The quantitative estimate of drug-likeness (QED) is 0.291.